The molecule has 0 bridgehead atoms. The summed E-state index contributed by atoms with van der Waals surface area (Å²) in [5.74, 6) is -21.5. The quantitative estimate of drug-likeness (QED) is 0.663. The number of hydrogen-bond donors (Lipinski definition) is 1. The first kappa shape index (κ1) is 19.9. The fourth-order valence-corrected chi connectivity index (χ4v) is 2.32. The van der Waals surface area contributed by atoms with Gasteiger partial charge in [0.25, 0.3) is 0 Å². The molecule has 2 aromatic rings. The lowest BCUT2D eigenvalue weighted by molar-refractivity contribution is -0.396. The molecule has 2 rings (SSSR count). The highest BCUT2D eigenvalue weighted by Gasteiger charge is 2.81. The predicted octanol–water partition coefficient (Wildman–Crippen LogP) is 5.63. The van der Waals surface area contributed by atoms with Gasteiger partial charge in [-0.25, -0.2) is 0 Å². The zero-order chi connectivity index (χ0) is 20.0. The van der Waals surface area contributed by atoms with Crippen LogP contribution in [0.3, 0.4) is 0 Å². The first-order valence-electron chi connectivity index (χ1n) is 6.91. The third kappa shape index (κ3) is 3.08. The third-order valence-corrected chi connectivity index (χ3v) is 3.81. The average Bonchev–Trinajstić information content (AvgIpc) is 2.98. The molecule has 0 aliphatic heterocycles. The SMILES string of the molecule is N#C[C@H](CC(F)(F)C(F)(F)C(F)(F)C(F)(F)F)c1ccc2[nH]ccc2c1. The van der Waals surface area contributed by atoms with Crippen molar-refractivity contribution in [3.8, 4) is 6.07 Å². The summed E-state index contributed by atoms with van der Waals surface area (Å²) in [7, 11) is 0. The van der Waals surface area contributed by atoms with Crippen LogP contribution in [0.5, 0.6) is 0 Å². The number of nitriles is 1. The highest BCUT2D eigenvalue weighted by atomic mass is 19.4. The highest BCUT2D eigenvalue weighted by molar-refractivity contribution is 5.80. The first-order chi connectivity index (χ1) is 11.7. The number of fused-ring (bicyclic) bond motifs is 1. The number of aromatic nitrogens is 1. The number of hydrogen-bond acceptors (Lipinski definition) is 1. The molecule has 0 fully saturated rings. The van der Waals surface area contributed by atoms with E-state index in [9.17, 15) is 39.5 Å². The molecule has 0 amide bonds. The molecule has 0 radical (unpaired) electrons. The molecule has 1 aromatic carbocycles. The van der Waals surface area contributed by atoms with Crippen LogP contribution in [0.15, 0.2) is 30.5 Å². The second kappa shape index (κ2) is 6.10. The Morgan fingerprint density at radius 2 is 1.54 bits per heavy atom. The van der Waals surface area contributed by atoms with Crippen molar-refractivity contribution in [2.45, 2.75) is 36.3 Å². The number of benzene rings is 1. The molecular weight excluding hydrogens is 379 g/mol. The number of nitrogens with zero attached hydrogens (tertiary/aromatic N) is 1. The maximum Gasteiger partial charge on any atom is 0.460 e. The number of H-pyrrole nitrogens is 1. The molecule has 142 valence electrons. The number of nitrogens with one attached hydrogen (secondary N) is 1. The van der Waals surface area contributed by atoms with Gasteiger partial charge in [0.1, 0.15) is 0 Å². The summed E-state index contributed by atoms with van der Waals surface area (Å²) >= 11 is 0. The van der Waals surface area contributed by atoms with Gasteiger partial charge in [0.2, 0.25) is 0 Å². The van der Waals surface area contributed by atoms with Crippen LogP contribution in [0.2, 0.25) is 0 Å². The van der Waals surface area contributed by atoms with Gasteiger partial charge >= 0.3 is 23.9 Å². The summed E-state index contributed by atoms with van der Waals surface area (Å²) in [4.78, 5) is 2.74. The molecule has 11 heteroatoms. The molecule has 0 unspecified atom stereocenters. The molecule has 0 aliphatic rings. The second-order valence-electron chi connectivity index (χ2n) is 5.56. The van der Waals surface area contributed by atoms with E-state index in [1.807, 2.05) is 0 Å². The number of rotatable bonds is 5. The van der Waals surface area contributed by atoms with Crippen LogP contribution in [0.1, 0.15) is 17.9 Å². The van der Waals surface area contributed by atoms with Gasteiger partial charge in [-0.1, -0.05) is 6.07 Å². The summed E-state index contributed by atoms with van der Waals surface area (Å²) in [5.41, 5.74) is 0.302. The lowest BCUT2D eigenvalue weighted by Gasteiger charge is -2.34. The van der Waals surface area contributed by atoms with Crippen LogP contribution in [0.4, 0.5) is 39.5 Å². The van der Waals surface area contributed by atoms with Gasteiger partial charge in [0.15, 0.2) is 0 Å². The largest absolute Gasteiger partial charge is 0.460 e. The van der Waals surface area contributed by atoms with Crippen molar-refractivity contribution in [3.05, 3.63) is 36.0 Å². The van der Waals surface area contributed by atoms with Crippen LogP contribution in [-0.4, -0.2) is 28.9 Å². The zero-order valence-corrected chi connectivity index (χ0v) is 12.5. The fourth-order valence-electron chi connectivity index (χ4n) is 2.32. The minimum Gasteiger partial charge on any atom is -0.361 e. The molecule has 1 aromatic heterocycles. The molecule has 1 atom stereocenters. The van der Waals surface area contributed by atoms with Crippen LogP contribution in [0.25, 0.3) is 10.9 Å². The lowest BCUT2D eigenvalue weighted by Crippen LogP contribution is -2.61. The Balaban J connectivity index is 2.37. The Labute approximate surface area is 140 Å². The van der Waals surface area contributed by atoms with Crippen molar-refractivity contribution in [2.24, 2.45) is 0 Å². The number of aromatic amines is 1. The van der Waals surface area contributed by atoms with Crippen molar-refractivity contribution in [2.75, 3.05) is 0 Å². The number of alkyl halides is 9. The van der Waals surface area contributed by atoms with Crippen LogP contribution < -0.4 is 0 Å². The van der Waals surface area contributed by atoms with Gasteiger partial charge in [0.05, 0.1) is 12.0 Å². The van der Waals surface area contributed by atoms with Crippen LogP contribution >= 0.6 is 0 Å². The van der Waals surface area contributed by atoms with Crippen molar-refractivity contribution in [1.29, 1.82) is 5.26 Å². The van der Waals surface area contributed by atoms with E-state index in [4.69, 9.17) is 5.26 Å². The Hall–Kier alpha value is -2.38. The minimum absolute atomic E-state index is 0.217. The van der Waals surface area contributed by atoms with E-state index in [-0.39, 0.29) is 5.56 Å². The monoisotopic (exact) mass is 388 g/mol. The van der Waals surface area contributed by atoms with E-state index in [1.54, 1.807) is 0 Å². The summed E-state index contributed by atoms with van der Waals surface area (Å²) < 4.78 is 116. The number of halogens is 9. The average molecular weight is 388 g/mol. The second-order valence-corrected chi connectivity index (χ2v) is 5.56. The maximum atomic E-state index is 13.7. The Kier molecular flexibility index (Phi) is 4.68. The molecule has 26 heavy (non-hydrogen) atoms. The summed E-state index contributed by atoms with van der Waals surface area (Å²) in [6.07, 6.45) is -7.63. The fraction of sp³-hybridized carbons (Fsp3) is 0.400. The zero-order valence-electron chi connectivity index (χ0n) is 12.5. The summed E-state index contributed by atoms with van der Waals surface area (Å²) in [6, 6.07) is 6.33. The normalized spacial score (nSPS) is 15.1. The van der Waals surface area contributed by atoms with Gasteiger partial charge < -0.3 is 4.98 Å². The van der Waals surface area contributed by atoms with E-state index in [2.05, 4.69) is 4.98 Å². The topological polar surface area (TPSA) is 39.6 Å². The molecule has 2 nitrogen and oxygen atoms in total. The van der Waals surface area contributed by atoms with Gasteiger partial charge in [-0.3, -0.25) is 0 Å². The molecular formula is C15H9F9N2. The van der Waals surface area contributed by atoms with E-state index < -0.39 is 36.3 Å². The van der Waals surface area contributed by atoms with E-state index in [0.29, 0.717) is 10.9 Å². The summed E-state index contributed by atoms with van der Waals surface area (Å²) in [5, 5.41) is 9.36. The maximum absolute atomic E-state index is 13.7. The van der Waals surface area contributed by atoms with E-state index in [0.717, 1.165) is 6.07 Å². The molecule has 1 N–H and O–H groups in total. The lowest BCUT2D eigenvalue weighted by atomic mass is 9.89. The van der Waals surface area contributed by atoms with Gasteiger partial charge in [-0.15, -0.1) is 0 Å². The molecule has 1 heterocycles. The van der Waals surface area contributed by atoms with Gasteiger partial charge in [-0.2, -0.15) is 44.8 Å². The Morgan fingerprint density at radius 1 is 0.923 bits per heavy atom. The first-order valence-corrected chi connectivity index (χ1v) is 6.91. The summed E-state index contributed by atoms with van der Waals surface area (Å²) in [6.45, 7) is 0. The molecule has 0 saturated carbocycles. The van der Waals surface area contributed by atoms with Crippen molar-refractivity contribution < 1.29 is 39.5 Å². The van der Waals surface area contributed by atoms with E-state index in [1.165, 1.54) is 30.5 Å². The third-order valence-electron chi connectivity index (χ3n) is 3.81. The van der Waals surface area contributed by atoms with Crippen molar-refractivity contribution in [1.82, 2.24) is 4.98 Å². The standard InChI is InChI=1S/C15H9F9N2/c16-12(17,13(18,19)14(20,21)15(22,23)24)6-10(7-25)8-1-2-11-9(5-8)3-4-26-11/h1-5,10,26H,6H2/t10-/m0/s1. The molecule has 0 spiro atoms. The van der Waals surface area contributed by atoms with Crippen LogP contribution in [-0.2, 0) is 0 Å². The van der Waals surface area contributed by atoms with Crippen molar-refractivity contribution >= 4 is 10.9 Å². The predicted molar refractivity (Wildman–Crippen MR) is 72.2 cm³/mol. The highest BCUT2D eigenvalue weighted by Crippen LogP contribution is 2.55. The van der Waals surface area contributed by atoms with Crippen molar-refractivity contribution in [3.63, 3.8) is 0 Å². The van der Waals surface area contributed by atoms with Gasteiger partial charge in [-0.05, 0) is 29.1 Å². The minimum atomic E-state index is -6.96. The van der Waals surface area contributed by atoms with Gasteiger partial charge in [0, 0.05) is 18.1 Å². The smallest absolute Gasteiger partial charge is 0.361 e. The molecule has 0 saturated heterocycles. The Bertz CT molecular complexity index is 829. The molecule has 0 aliphatic carbocycles. The Morgan fingerprint density at radius 3 is 2.08 bits per heavy atom. The van der Waals surface area contributed by atoms with E-state index >= 15 is 0 Å². The van der Waals surface area contributed by atoms with Crippen LogP contribution in [0, 0.1) is 11.3 Å².